The quantitative estimate of drug-likeness (QED) is 0.876. The molecule has 1 saturated heterocycles. The Kier molecular flexibility index (Phi) is 6.01. The molecule has 1 aliphatic heterocycles. The number of nitrogens with one attached hydrogen (secondary N) is 1. The molecule has 0 saturated carbocycles. The molecule has 2 aromatic rings. The first-order valence-electron chi connectivity index (χ1n) is 8.79. The highest BCUT2D eigenvalue weighted by atomic mass is 16.5. The van der Waals surface area contributed by atoms with Crippen molar-refractivity contribution in [3.63, 3.8) is 0 Å². The summed E-state index contributed by atoms with van der Waals surface area (Å²) in [7, 11) is 0. The summed E-state index contributed by atoms with van der Waals surface area (Å²) in [6.45, 7) is 4.02. The van der Waals surface area contributed by atoms with Crippen molar-refractivity contribution in [2.45, 2.75) is 25.8 Å². The minimum Gasteiger partial charge on any atom is -0.494 e. The molecule has 1 amide bonds. The van der Waals surface area contributed by atoms with Gasteiger partial charge in [0.25, 0.3) is 5.91 Å². The maximum Gasteiger partial charge on any atom is 0.251 e. The largest absolute Gasteiger partial charge is 0.494 e. The number of amides is 1. The molecule has 0 aliphatic carbocycles. The third-order valence-electron chi connectivity index (χ3n) is 4.50. The second-order valence-corrected chi connectivity index (χ2v) is 6.14. The molecule has 1 fully saturated rings. The number of carbonyl (C=O) groups excluding carboxylic acids is 1. The van der Waals surface area contributed by atoms with Crippen molar-refractivity contribution >= 4 is 5.91 Å². The van der Waals surface area contributed by atoms with Gasteiger partial charge >= 0.3 is 0 Å². The second kappa shape index (κ2) is 8.62. The first-order valence-corrected chi connectivity index (χ1v) is 8.79. The average Bonchev–Trinajstić information content (AvgIpc) is 2.68. The van der Waals surface area contributed by atoms with Crippen LogP contribution in [-0.2, 0) is 4.74 Å². The van der Waals surface area contributed by atoms with E-state index < -0.39 is 0 Å². The van der Waals surface area contributed by atoms with Gasteiger partial charge in [0, 0.05) is 31.2 Å². The number of hydrogen-bond acceptors (Lipinski definition) is 4. The predicted octanol–water partition coefficient (Wildman–Crippen LogP) is 3.38. The fourth-order valence-electron chi connectivity index (χ4n) is 3.18. The molecule has 1 aliphatic rings. The van der Waals surface area contributed by atoms with Crippen molar-refractivity contribution in [2.24, 2.45) is 5.92 Å². The van der Waals surface area contributed by atoms with Crippen molar-refractivity contribution in [3.8, 4) is 5.75 Å². The zero-order valence-corrected chi connectivity index (χ0v) is 14.5. The number of carbonyl (C=O) groups is 1. The second-order valence-electron chi connectivity index (χ2n) is 6.14. The zero-order chi connectivity index (χ0) is 17.5. The van der Waals surface area contributed by atoms with Crippen LogP contribution in [0.25, 0.3) is 0 Å². The lowest BCUT2D eigenvalue weighted by atomic mass is 9.87. The van der Waals surface area contributed by atoms with Gasteiger partial charge in [-0.25, -0.2) is 0 Å². The van der Waals surface area contributed by atoms with Crippen molar-refractivity contribution in [3.05, 3.63) is 59.9 Å². The highest BCUT2D eigenvalue weighted by Gasteiger charge is 2.27. The summed E-state index contributed by atoms with van der Waals surface area (Å²) in [4.78, 5) is 17.0. The molecule has 0 radical (unpaired) electrons. The molecule has 1 unspecified atom stereocenters. The van der Waals surface area contributed by atoms with Gasteiger partial charge in [0.15, 0.2) is 0 Å². The van der Waals surface area contributed by atoms with Gasteiger partial charge in [-0.1, -0.05) is 6.07 Å². The summed E-state index contributed by atoms with van der Waals surface area (Å²) in [5, 5.41) is 3.20. The summed E-state index contributed by atoms with van der Waals surface area (Å²) in [6.07, 6.45) is 5.45. The van der Waals surface area contributed by atoms with Crippen LogP contribution in [-0.4, -0.2) is 30.7 Å². The van der Waals surface area contributed by atoms with E-state index in [1.807, 2.05) is 37.4 Å². The maximum absolute atomic E-state index is 12.7. The minimum atomic E-state index is -0.0802. The molecular weight excluding hydrogens is 316 g/mol. The fraction of sp³-hybridized carbons (Fsp3) is 0.400. The number of hydrogen-bond donors (Lipinski definition) is 1. The van der Waals surface area contributed by atoms with Crippen molar-refractivity contribution in [2.75, 3.05) is 19.8 Å². The third-order valence-corrected chi connectivity index (χ3v) is 4.50. The maximum atomic E-state index is 12.7. The van der Waals surface area contributed by atoms with E-state index in [-0.39, 0.29) is 11.9 Å². The first-order chi connectivity index (χ1) is 12.3. The van der Waals surface area contributed by atoms with Crippen molar-refractivity contribution in [1.82, 2.24) is 10.3 Å². The number of ether oxygens (including phenoxy) is 2. The van der Waals surface area contributed by atoms with Crippen LogP contribution in [0.2, 0.25) is 0 Å². The number of aromatic nitrogens is 1. The van der Waals surface area contributed by atoms with E-state index in [2.05, 4.69) is 10.3 Å². The average molecular weight is 340 g/mol. The van der Waals surface area contributed by atoms with Gasteiger partial charge < -0.3 is 14.8 Å². The van der Waals surface area contributed by atoms with Crippen LogP contribution in [0.1, 0.15) is 41.7 Å². The Balaban J connectivity index is 1.75. The van der Waals surface area contributed by atoms with E-state index in [0.29, 0.717) is 18.1 Å². The van der Waals surface area contributed by atoms with Gasteiger partial charge in [-0.15, -0.1) is 0 Å². The van der Waals surface area contributed by atoms with Gasteiger partial charge in [0.1, 0.15) is 5.75 Å². The van der Waals surface area contributed by atoms with E-state index in [1.54, 1.807) is 18.3 Å². The number of pyridine rings is 1. The van der Waals surface area contributed by atoms with Gasteiger partial charge in [0.2, 0.25) is 0 Å². The Morgan fingerprint density at radius 2 is 2.04 bits per heavy atom. The molecule has 1 N–H and O–H groups in total. The number of rotatable bonds is 6. The molecule has 132 valence electrons. The number of benzene rings is 1. The van der Waals surface area contributed by atoms with Gasteiger partial charge in [-0.3, -0.25) is 9.78 Å². The summed E-state index contributed by atoms with van der Waals surface area (Å²) in [5.74, 6) is 1.04. The third kappa shape index (κ3) is 4.57. The lowest BCUT2D eigenvalue weighted by Crippen LogP contribution is -2.36. The number of nitrogens with zero attached hydrogens (tertiary/aromatic N) is 1. The molecule has 25 heavy (non-hydrogen) atoms. The molecular formula is C20H24N2O3. The van der Waals surface area contributed by atoms with Crippen LogP contribution >= 0.6 is 0 Å². The summed E-state index contributed by atoms with van der Waals surface area (Å²) in [5.41, 5.74) is 1.66. The predicted molar refractivity (Wildman–Crippen MR) is 95.6 cm³/mol. The van der Waals surface area contributed by atoms with Crippen molar-refractivity contribution < 1.29 is 14.3 Å². The Hall–Kier alpha value is -2.40. The monoisotopic (exact) mass is 340 g/mol. The summed E-state index contributed by atoms with van der Waals surface area (Å²) < 4.78 is 10.9. The molecule has 1 atom stereocenters. The van der Waals surface area contributed by atoms with Crippen LogP contribution in [0.3, 0.4) is 0 Å². The Bertz CT molecular complexity index is 667. The summed E-state index contributed by atoms with van der Waals surface area (Å²) >= 11 is 0. The van der Waals surface area contributed by atoms with Crippen LogP contribution in [0.15, 0.2) is 48.8 Å². The Morgan fingerprint density at radius 3 is 2.68 bits per heavy atom. The molecule has 1 aromatic carbocycles. The molecule has 0 spiro atoms. The molecule has 3 rings (SSSR count). The van der Waals surface area contributed by atoms with Gasteiger partial charge in [-0.2, -0.15) is 0 Å². The first kappa shape index (κ1) is 17.4. The lowest BCUT2D eigenvalue weighted by Gasteiger charge is -2.31. The van der Waals surface area contributed by atoms with Crippen LogP contribution in [0, 0.1) is 5.92 Å². The molecule has 2 heterocycles. The minimum absolute atomic E-state index is 0.0586. The summed E-state index contributed by atoms with van der Waals surface area (Å²) in [6, 6.07) is 11.1. The molecule has 5 heteroatoms. The topological polar surface area (TPSA) is 60.5 Å². The van der Waals surface area contributed by atoms with E-state index in [0.717, 1.165) is 37.4 Å². The van der Waals surface area contributed by atoms with Gasteiger partial charge in [-0.05, 0) is 61.6 Å². The highest BCUT2D eigenvalue weighted by Crippen LogP contribution is 2.30. The van der Waals surface area contributed by atoms with Crippen LogP contribution in [0.4, 0.5) is 0 Å². The van der Waals surface area contributed by atoms with E-state index >= 15 is 0 Å². The molecule has 0 bridgehead atoms. The fourth-order valence-corrected chi connectivity index (χ4v) is 3.18. The van der Waals surface area contributed by atoms with E-state index in [9.17, 15) is 4.79 Å². The van der Waals surface area contributed by atoms with E-state index in [1.165, 1.54) is 0 Å². The Morgan fingerprint density at radius 1 is 1.28 bits per heavy atom. The standard InChI is InChI=1S/C20H24N2O3/c1-2-25-18-7-5-16(6-8-18)20(23)22-19(15-9-12-24-13-10-15)17-4-3-11-21-14-17/h3-8,11,14-15,19H,2,9-10,12-13H2,1H3,(H,22,23). The van der Waals surface area contributed by atoms with E-state index in [4.69, 9.17) is 9.47 Å². The Labute approximate surface area is 148 Å². The molecule has 1 aromatic heterocycles. The molecule has 5 nitrogen and oxygen atoms in total. The zero-order valence-electron chi connectivity index (χ0n) is 14.5. The van der Waals surface area contributed by atoms with Crippen molar-refractivity contribution in [1.29, 1.82) is 0 Å². The highest BCUT2D eigenvalue weighted by molar-refractivity contribution is 5.94. The normalized spacial score (nSPS) is 16.2. The SMILES string of the molecule is CCOc1ccc(C(=O)NC(c2cccnc2)C2CCOCC2)cc1. The van der Waals surface area contributed by atoms with Gasteiger partial charge in [0.05, 0.1) is 12.6 Å². The lowest BCUT2D eigenvalue weighted by molar-refractivity contribution is 0.0513. The van der Waals surface area contributed by atoms with Crippen LogP contribution in [0.5, 0.6) is 5.75 Å². The smallest absolute Gasteiger partial charge is 0.251 e. The van der Waals surface area contributed by atoms with Crippen LogP contribution < -0.4 is 10.1 Å².